The summed E-state index contributed by atoms with van der Waals surface area (Å²) in [5, 5.41) is 6.68. The molecule has 1 amide bonds. The number of ether oxygens (including phenoxy) is 1. The SMILES string of the molecule is CNC(=O)c1c(C)oc2nc(C(C)c3ccc(OC)c(F)c3)nc(NC3(C)CC3)c12. The number of hydrogen-bond acceptors (Lipinski definition) is 6. The number of aromatic nitrogens is 2. The van der Waals surface area contributed by atoms with Crippen LogP contribution in [0.3, 0.4) is 0 Å². The van der Waals surface area contributed by atoms with E-state index in [0.717, 1.165) is 12.8 Å². The van der Waals surface area contributed by atoms with Crippen LogP contribution in [0.4, 0.5) is 10.2 Å². The predicted molar refractivity (Wildman–Crippen MR) is 112 cm³/mol. The first-order valence-electron chi connectivity index (χ1n) is 9.91. The molecule has 7 nitrogen and oxygen atoms in total. The number of hydrogen-bond donors (Lipinski definition) is 2. The van der Waals surface area contributed by atoms with E-state index in [0.29, 0.717) is 39.6 Å². The molecule has 3 aromatic rings. The van der Waals surface area contributed by atoms with E-state index in [1.807, 2.05) is 6.92 Å². The van der Waals surface area contributed by atoms with Gasteiger partial charge in [-0.3, -0.25) is 4.79 Å². The zero-order valence-electron chi connectivity index (χ0n) is 17.7. The van der Waals surface area contributed by atoms with Crippen molar-refractivity contribution in [1.82, 2.24) is 15.3 Å². The molecular weight excluding hydrogens is 387 g/mol. The monoisotopic (exact) mass is 412 g/mol. The fourth-order valence-electron chi connectivity index (χ4n) is 3.51. The van der Waals surface area contributed by atoms with Gasteiger partial charge in [0, 0.05) is 18.5 Å². The van der Waals surface area contributed by atoms with Crippen molar-refractivity contribution in [3.8, 4) is 5.75 Å². The first-order chi connectivity index (χ1) is 14.3. The Balaban J connectivity index is 1.85. The number of amides is 1. The van der Waals surface area contributed by atoms with Gasteiger partial charge in [-0.05, 0) is 44.4 Å². The molecule has 158 valence electrons. The number of furan rings is 1. The lowest BCUT2D eigenvalue weighted by Crippen LogP contribution is -2.21. The van der Waals surface area contributed by atoms with Gasteiger partial charge in [0.15, 0.2) is 11.6 Å². The molecular formula is C22H25FN4O3. The van der Waals surface area contributed by atoms with E-state index in [-0.39, 0.29) is 23.1 Å². The molecule has 2 aromatic heterocycles. The number of methoxy groups -OCH3 is 1. The van der Waals surface area contributed by atoms with Crippen molar-refractivity contribution in [2.45, 2.75) is 45.1 Å². The van der Waals surface area contributed by atoms with E-state index in [4.69, 9.17) is 14.1 Å². The Bertz CT molecular complexity index is 1140. The molecule has 1 fully saturated rings. The average molecular weight is 412 g/mol. The maximum absolute atomic E-state index is 14.2. The minimum atomic E-state index is -0.442. The normalized spacial score (nSPS) is 15.7. The number of carbonyl (C=O) groups is 1. The molecule has 1 aliphatic rings. The van der Waals surface area contributed by atoms with Gasteiger partial charge < -0.3 is 19.8 Å². The minimum Gasteiger partial charge on any atom is -0.494 e. The number of fused-ring (bicyclic) bond motifs is 1. The van der Waals surface area contributed by atoms with E-state index in [1.54, 1.807) is 26.1 Å². The average Bonchev–Trinajstić information content (AvgIpc) is 3.34. The second kappa shape index (κ2) is 7.27. The highest BCUT2D eigenvalue weighted by Crippen LogP contribution is 2.41. The molecule has 0 radical (unpaired) electrons. The third-order valence-corrected chi connectivity index (χ3v) is 5.68. The minimum absolute atomic E-state index is 0.0703. The van der Waals surface area contributed by atoms with E-state index in [1.165, 1.54) is 13.2 Å². The lowest BCUT2D eigenvalue weighted by atomic mass is 9.99. The van der Waals surface area contributed by atoms with Crippen LogP contribution in [0.1, 0.15) is 60.1 Å². The van der Waals surface area contributed by atoms with Gasteiger partial charge in [0.1, 0.15) is 17.4 Å². The van der Waals surface area contributed by atoms with E-state index < -0.39 is 5.82 Å². The fraction of sp³-hybridized carbons (Fsp3) is 0.409. The number of aryl methyl sites for hydroxylation is 1. The molecule has 2 N–H and O–H groups in total. The molecule has 0 bridgehead atoms. The number of benzene rings is 1. The zero-order valence-corrected chi connectivity index (χ0v) is 17.7. The Morgan fingerprint density at radius 2 is 2.07 bits per heavy atom. The highest BCUT2D eigenvalue weighted by molar-refractivity contribution is 6.10. The van der Waals surface area contributed by atoms with Gasteiger partial charge >= 0.3 is 0 Å². The van der Waals surface area contributed by atoms with Crippen LogP contribution in [0, 0.1) is 12.7 Å². The van der Waals surface area contributed by atoms with Crippen molar-refractivity contribution in [3.05, 3.63) is 46.7 Å². The maximum atomic E-state index is 14.2. The molecule has 4 rings (SSSR count). The first-order valence-corrected chi connectivity index (χ1v) is 9.91. The Labute approximate surface area is 174 Å². The lowest BCUT2D eigenvalue weighted by Gasteiger charge is -2.17. The maximum Gasteiger partial charge on any atom is 0.255 e. The summed E-state index contributed by atoms with van der Waals surface area (Å²) in [6.45, 7) is 5.74. The lowest BCUT2D eigenvalue weighted by molar-refractivity contribution is 0.0963. The van der Waals surface area contributed by atoms with Crippen LogP contribution in [0.2, 0.25) is 0 Å². The molecule has 30 heavy (non-hydrogen) atoms. The summed E-state index contributed by atoms with van der Waals surface area (Å²) >= 11 is 0. The number of nitrogens with zero attached hydrogens (tertiary/aromatic N) is 2. The Hall–Kier alpha value is -3.16. The van der Waals surface area contributed by atoms with E-state index in [2.05, 4.69) is 22.5 Å². The molecule has 1 aromatic carbocycles. The van der Waals surface area contributed by atoms with Crippen molar-refractivity contribution in [2.75, 3.05) is 19.5 Å². The summed E-state index contributed by atoms with van der Waals surface area (Å²) in [5.41, 5.74) is 1.41. The summed E-state index contributed by atoms with van der Waals surface area (Å²) in [4.78, 5) is 21.8. The molecule has 1 aliphatic carbocycles. The molecule has 2 heterocycles. The van der Waals surface area contributed by atoms with Crippen LogP contribution in [0.5, 0.6) is 5.75 Å². The van der Waals surface area contributed by atoms with Crippen molar-refractivity contribution in [2.24, 2.45) is 0 Å². The molecule has 0 saturated heterocycles. The second-order valence-electron chi connectivity index (χ2n) is 8.02. The quantitative estimate of drug-likeness (QED) is 0.632. The molecule has 1 saturated carbocycles. The molecule has 0 spiro atoms. The number of carbonyl (C=O) groups excluding carboxylic acids is 1. The van der Waals surface area contributed by atoms with Gasteiger partial charge in [-0.25, -0.2) is 9.37 Å². The van der Waals surface area contributed by atoms with Crippen molar-refractivity contribution >= 4 is 22.8 Å². The Morgan fingerprint density at radius 1 is 1.33 bits per heavy atom. The van der Waals surface area contributed by atoms with Crippen LogP contribution in [0.25, 0.3) is 11.1 Å². The van der Waals surface area contributed by atoms with Gasteiger partial charge in [0.25, 0.3) is 5.91 Å². The standard InChI is InChI=1S/C22H25FN4O3/c1-11(13-6-7-15(29-5)14(23)10-13)18-25-19(27-22(3)8-9-22)17-16(20(28)24-4)12(2)30-21(17)26-18/h6-7,10-11H,8-9H2,1-5H3,(H,24,28)(H,25,26,27). The van der Waals surface area contributed by atoms with E-state index >= 15 is 0 Å². The fourth-order valence-corrected chi connectivity index (χ4v) is 3.51. The zero-order chi connectivity index (χ0) is 21.6. The van der Waals surface area contributed by atoms with Gasteiger partial charge in [-0.1, -0.05) is 13.0 Å². The van der Waals surface area contributed by atoms with Crippen molar-refractivity contribution < 1.29 is 18.3 Å². The number of rotatable bonds is 6. The van der Waals surface area contributed by atoms with Gasteiger partial charge in [-0.2, -0.15) is 4.98 Å². The van der Waals surface area contributed by atoms with Crippen LogP contribution in [-0.2, 0) is 0 Å². The molecule has 8 heteroatoms. The van der Waals surface area contributed by atoms with Gasteiger partial charge in [0.2, 0.25) is 5.71 Å². The Kier molecular flexibility index (Phi) is 4.88. The molecule has 1 atom stereocenters. The van der Waals surface area contributed by atoms with Gasteiger partial charge in [-0.15, -0.1) is 0 Å². The molecule has 1 unspecified atom stereocenters. The summed E-state index contributed by atoms with van der Waals surface area (Å²) in [6, 6.07) is 4.80. The van der Waals surface area contributed by atoms with Crippen LogP contribution in [-0.4, -0.2) is 35.6 Å². The third-order valence-electron chi connectivity index (χ3n) is 5.68. The summed E-state index contributed by atoms with van der Waals surface area (Å²) in [6.07, 6.45) is 2.03. The topological polar surface area (TPSA) is 89.3 Å². The first kappa shape index (κ1) is 20.1. The van der Waals surface area contributed by atoms with Crippen molar-refractivity contribution in [3.63, 3.8) is 0 Å². The van der Waals surface area contributed by atoms with Crippen LogP contribution >= 0.6 is 0 Å². The summed E-state index contributed by atoms with van der Waals surface area (Å²) in [5.74, 6) is 0.712. The van der Waals surface area contributed by atoms with E-state index in [9.17, 15) is 9.18 Å². The third kappa shape index (κ3) is 3.46. The molecule has 0 aliphatic heterocycles. The van der Waals surface area contributed by atoms with Crippen LogP contribution in [0.15, 0.2) is 22.6 Å². The van der Waals surface area contributed by atoms with Gasteiger partial charge in [0.05, 0.1) is 18.1 Å². The van der Waals surface area contributed by atoms with Crippen LogP contribution < -0.4 is 15.4 Å². The largest absolute Gasteiger partial charge is 0.494 e. The smallest absolute Gasteiger partial charge is 0.255 e. The van der Waals surface area contributed by atoms with Crippen molar-refractivity contribution in [1.29, 1.82) is 0 Å². The highest BCUT2D eigenvalue weighted by Gasteiger charge is 2.39. The number of anilines is 1. The number of halogens is 1. The highest BCUT2D eigenvalue weighted by atomic mass is 19.1. The Morgan fingerprint density at radius 3 is 2.67 bits per heavy atom. The summed E-state index contributed by atoms with van der Waals surface area (Å²) < 4.78 is 25.1. The predicted octanol–water partition coefficient (Wildman–Crippen LogP) is 4.15. The second-order valence-corrected chi connectivity index (χ2v) is 8.02. The number of nitrogens with one attached hydrogen (secondary N) is 2. The summed E-state index contributed by atoms with van der Waals surface area (Å²) in [7, 11) is 3.00.